The molecule has 0 aliphatic heterocycles. The minimum atomic E-state index is -0.503. The molecule has 0 aromatic heterocycles. The summed E-state index contributed by atoms with van der Waals surface area (Å²) in [4.78, 5) is 10.8. The van der Waals surface area contributed by atoms with Crippen molar-refractivity contribution in [3.05, 3.63) is 58.9 Å². The summed E-state index contributed by atoms with van der Waals surface area (Å²) in [5.41, 5.74) is 1.10. The van der Waals surface area contributed by atoms with Gasteiger partial charge in [0.25, 0.3) is 0 Å². The van der Waals surface area contributed by atoms with Crippen LogP contribution >= 0.6 is 11.6 Å². The van der Waals surface area contributed by atoms with E-state index in [-0.39, 0.29) is 17.6 Å². The van der Waals surface area contributed by atoms with Crippen LogP contribution in [-0.2, 0) is 9.53 Å². The number of carbonyl (C=O) groups excluding carboxylic acids is 1. The number of hydrogen-bond acceptors (Lipinski definition) is 3. The van der Waals surface area contributed by atoms with Gasteiger partial charge in [-0.15, -0.1) is 0 Å². The van der Waals surface area contributed by atoms with Gasteiger partial charge < -0.3 is 9.47 Å². The Hall–Kier alpha value is -2.07. The van der Waals surface area contributed by atoms with Gasteiger partial charge in [-0.1, -0.05) is 30.7 Å². The summed E-state index contributed by atoms with van der Waals surface area (Å²) < 4.78 is 24.1. The quantitative estimate of drug-likeness (QED) is 0.669. The minimum absolute atomic E-state index is 0.130. The van der Waals surface area contributed by atoms with Crippen molar-refractivity contribution >= 4 is 17.6 Å². The van der Waals surface area contributed by atoms with Crippen LogP contribution in [0.2, 0.25) is 5.02 Å². The van der Waals surface area contributed by atoms with E-state index in [1.807, 2.05) is 12.1 Å². The third-order valence-corrected chi connectivity index (χ3v) is 3.66. The van der Waals surface area contributed by atoms with Crippen LogP contribution in [0.15, 0.2) is 42.5 Å². The molecule has 0 heterocycles. The molecular formula is C18H18ClFO3. The van der Waals surface area contributed by atoms with Gasteiger partial charge in [0, 0.05) is 11.9 Å². The fourth-order valence-corrected chi connectivity index (χ4v) is 2.25. The standard InChI is InChI=1S/C18H18ClFO3/c1-12(9-10-22-13(2)21)14-3-6-16(7-4-14)23-18-8-5-15(19)11-17(18)20/h3-8,11-12H,9-10H2,1-2H3. The first-order chi connectivity index (χ1) is 11.0. The maximum atomic E-state index is 13.7. The largest absolute Gasteiger partial charge is 0.466 e. The van der Waals surface area contributed by atoms with E-state index in [0.29, 0.717) is 17.4 Å². The van der Waals surface area contributed by atoms with E-state index in [0.717, 1.165) is 12.0 Å². The van der Waals surface area contributed by atoms with Gasteiger partial charge in [0.1, 0.15) is 5.75 Å². The van der Waals surface area contributed by atoms with E-state index in [1.54, 1.807) is 18.2 Å². The first kappa shape index (κ1) is 17.3. The molecule has 0 amide bonds. The van der Waals surface area contributed by atoms with Gasteiger partial charge >= 0.3 is 5.97 Å². The molecule has 2 aromatic rings. The van der Waals surface area contributed by atoms with Gasteiger partial charge in [0.05, 0.1) is 6.61 Å². The maximum absolute atomic E-state index is 13.7. The molecule has 0 radical (unpaired) electrons. The first-order valence-electron chi connectivity index (χ1n) is 7.32. The van der Waals surface area contributed by atoms with Crippen LogP contribution < -0.4 is 4.74 Å². The molecule has 0 fully saturated rings. The summed E-state index contributed by atoms with van der Waals surface area (Å²) >= 11 is 5.71. The molecule has 2 aromatic carbocycles. The Morgan fingerprint density at radius 3 is 2.52 bits per heavy atom. The molecule has 0 bridgehead atoms. The van der Waals surface area contributed by atoms with Crippen molar-refractivity contribution in [2.24, 2.45) is 0 Å². The fourth-order valence-electron chi connectivity index (χ4n) is 2.10. The van der Waals surface area contributed by atoms with Gasteiger partial charge in [0.2, 0.25) is 0 Å². The molecule has 122 valence electrons. The van der Waals surface area contributed by atoms with Crippen LogP contribution in [0.25, 0.3) is 0 Å². The first-order valence-corrected chi connectivity index (χ1v) is 7.69. The average molecular weight is 337 g/mol. The van der Waals surface area contributed by atoms with Crippen molar-refractivity contribution in [1.82, 2.24) is 0 Å². The van der Waals surface area contributed by atoms with E-state index in [9.17, 15) is 9.18 Å². The molecule has 5 heteroatoms. The molecule has 0 aliphatic carbocycles. The molecule has 0 aliphatic rings. The number of hydrogen-bond donors (Lipinski definition) is 0. The second-order valence-corrected chi connectivity index (χ2v) is 5.71. The van der Waals surface area contributed by atoms with Crippen molar-refractivity contribution in [3.63, 3.8) is 0 Å². The molecular weight excluding hydrogens is 319 g/mol. The van der Waals surface area contributed by atoms with Crippen molar-refractivity contribution in [1.29, 1.82) is 0 Å². The summed E-state index contributed by atoms with van der Waals surface area (Å²) in [5, 5.41) is 0.326. The predicted octanol–water partition coefficient (Wildman–Crippen LogP) is 5.33. The van der Waals surface area contributed by atoms with Crippen molar-refractivity contribution < 1.29 is 18.7 Å². The number of esters is 1. The number of benzene rings is 2. The van der Waals surface area contributed by atoms with Crippen LogP contribution in [-0.4, -0.2) is 12.6 Å². The molecule has 3 nitrogen and oxygen atoms in total. The highest BCUT2D eigenvalue weighted by atomic mass is 35.5. The van der Waals surface area contributed by atoms with Crippen molar-refractivity contribution in [2.45, 2.75) is 26.2 Å². The normalized spacial score (nSPS) is 11.8. The van der Waals surface area contributed by atoms with Crippen LogP contribution in [0, 0.1) is 5.82 Å². The lowest BCUT2D eigenvalue weighted by molar-refractivity contribution is -0.141. The van der Waals surface area contributed by atoms with Gasteiger partial charge in [-0.25, -0.2) is 4.39 Å². The Bertz CT molecular complexity index is 670. The molecule has 23 heavy (non-hydrogen) atoms. The van der Waals surface area contributed by atoms with Gasteiger partial charge in [-0.3, -0.25) is 4.79 Å². The number of ether oxygens (including phenoxy) is 2. The monoisotopic (exact) mass is 336 g/mol. The van der Waals surface area contributed by atoms with E-state index >= 15 is 0 Å². The van der Waals surface area contributed by atoms with E-state index in [1.165, 1.54) is 19.1 Å². The smallest absolute Gasteiger partial charge is 0.302 e. The number of halogens is 2. The molecule has 0 N–H and O–H groups in total. The summed E-state index contributed by atoms with van der Waals surface area (Å²) in [7, 11) is 0. The van der Waals surface area contributed by atoms with Gasteiger partial charge in [0.15, 0.2) is 11.6 Å². The molecule has 2 rings (SSSR count). The zero-order chi connectivity index (χ0) is 16.8. The lowest BCUT2D eigenvalue weighted by atomic mass is 9.98. The van der Waals surface area contributed by atoms with Crippen LogP contribution in [0.4, 0.5) is 4.39 Å². The summed E-state index contributed by atoms with van der Waals surface area (Å²) in [6.45, 7) is 3.84. The van der Waals surface area contributed by atoms with Crippen molar-refractivity contribution in [2.75, 3.05) is 6.61 Å². The predicted molar refractivity (Wildman–Crippen MR) is 87.6 cm³/mol. The lowest BCUT2D eigenvalue weighted by Crippen LogP contribution is -2.04. The summed E-state index contributed by atoms with van der Waals surface area (Å²) in [6, 6.07) is 11.7. The average Bonchev–Trinajstić information content (AvgIpc) is 2.50. The number of rotatable bonds is 6. The van der Waals surface area contributed by atoms with Gasteiger partial charge in [-0.05, 0) is 48.2 Å². The van der Waals surface area contributed by atoms with Crippen molar-refractivity contribution in [3.8, 4) is 11.5 Å². The van der Waals surface area contributed by atoms with E-state index < -0.39 is 5.82 Å². The highest BCUT2D eigenvalue weighted by Crippen LogP contribution is 2.28. The molecule has 1 unspecified atom stereocenters. The summed E-state index contributed by atoms with van der Waals surface area (Å²) in [6.07, 6.45) is 0.742. The van der Waals surface area contributed by atoms with Gasteiger partial charge in [-0.2, -0.15) is 0 Å². The van der Waals surface area contributed by atoms with Crippen LogP contribution in [0.5, 0.6) is 11.5 Å². The second-order valence-electron chi connectivity index (χ2n) is 5.28. The third-order valence-electron chi connectivity index (χ3n) is 3.43. The molecule has 0 saturated carbocycles. The molecule has 1 atom stereocenters. The summed E-state index contributed by atoms with van der Waals surface area (Å²) in [5.74, 6) is 0.144. The van der Waals surface area contributed by atoms with E-state index in [2.05, 4.69) is 6.92 Å². The topological polar surface area (TPSA) is 35.5 Å². The van der Waals surface area contributed by atoms with Crippen LogP contribution in [0.1, 0.15) is 31.7 Å². The zero-order valence-corrected chi connectivity index (χ0v) is 13.8. The highest BCUT2D eigenvalue weighted by Gasteiger charge is 2.09. The number of carbonyl (C=O) groups is 1. The minimum Gasteiger partial charge on any atom is -0.466 e. The lowest BCUT2D eigenvalue weighted by Gasteiger charge is -2.13. The molecule has 0 spiro atoms. The third kappa shape index (κ3) is 5.25. The Kier molecular flexibility index (Phi) is 5.99. The van der Waals surface area contributed by atoms with E-state index in [4.69, 9.17) is 21.1 Å². The SMILES string of the molecule is CC(=O)OCCC(C)c1ccc(Oc2ccc(Cl)cc2F)cc1. The Morgan fingerprint density at radius 2 is 1.91 bits per heavy atom. The molecule has 0 saturated heterocycles. The maximum Gasteiger partial charge on any atom is 0.302 e. The second kappa shape index (κ2) is 7.97. The highest BCUT2D eigenvalue weighted by molar-refractivity contribution is 6.30. The zero-order valence-electron chi connectivity index (χ0n) is 13.0. The Balaban J connectivity index is 1.97. The van der Waals surface area contributed by atoms with Crippen LogP contribution in [0.3, 0.4) is 0 Å². The fraction of sp³-hybridized carbons (Fsp3) is 0.278. The Morgan fingerprint density at radius 1 is 1.22 bits per heavy atom. The Labute approximate surface area is 140 Å².